The number of carbonyl (C=O) groups is 1. The fourth-order valence-electron chi connectivity index (χ4n) is 3.18. The van der Waals surface area contributed by atoms with Gasteiger partial charge in [0.25, 0.3) is 10.0 Å². The minimum atomic E-state index is -3.52. The second-order valence-electron chi connectivity index (χ2n) is 6.73. The molecule has 5 nitrogen and oxygen atoms in total. The van der Waals surface area contributed by atoms with Crippen molar-refractivity contribution in [1.29, 1.82) is 0 Å². The predicted octanol–water partition coefficient (Wildman–Crippen LogP) is 3.47. The van der Waals surface area contributed by atoms with E-state index in [0.717, 1.165) is 10.4 Å². The monoisotopic (exact) mass is 426 g/mol. The summed E-state index contributed by atoms with van der Waals surface area (Å²) in [6.07, 6.45) is 2.12. The highest BCUT2D eigenvalue weighted by molar-refractivity contribution is 7.91. The lowest BCUT2D eigenvalue weighted by atomic mass is 9.99. The average Bonchev–Trinajstić information content (AvgIpc) is 3.10. The Bertz CT molecular complexity index is 894. The van der Waals surface area contributed by atoms with Crippen molar-refractivity contribution in [2.45, 2.75) is 30.4 Å². The van der Waals surface area contributed by atoms with Crippen LogP contribution in [0.1, 0.15) is 23.3 Å². The number of benzene rings is 1. The van der Waals surface area contributed by atoms with Crippen LogP contribution in [0.15, 0.2) is 40.6 Å². The third-order valence-electron chi connectivity index (χ3n) is 4.69. The SMILES string of the molecule is Cc1ccc(S(=O)(=O)N2CCC[C@@H](C(=O)NCCc3ccc(Cl)cc3)C2)s1. The zero-order valence-electron chi connectivity index (χ0n) is 15.2. The van der Waals surface area contributed by atoms with E-state index in [1.807, 2.05) is 37.3 Å². The molecule has 3 rings (SSSR count). The number of nitrogens with zero attached hydrogens (tertiary/aromatic N) is 1. The largest absolute Gasteiger partial charge is 0.355 e. The van der Waals surface area contributed by atoms with Gasteiger partial charge in [-0.2, -0.15) is 4.31 Å². The molecule has 27 heavy (non-hydrogen) atoms. The molecule has 0 spiro atoms. The van der Waals surface area contributed by atoms with Crippen molar-refractivity contribution in [2.24, 2.45) is 5.92 Å². The summed E-state index contributed by atoms with van der Waals surface area (Å²) in [5, 5.41) is 3.63. The molecule has 2 heterocycles. The maximum absolute atomic E-state index is 12.8. The van der Waals surface area contributed by atoms with E-state index in [2.05, 4.69) is 5.32 Å². The van der Waals surface area contributed by atoms with E-state index >= 15 is 0 Å². The first-order valence-electron chi connectivity index (χ1n) is 8.95. The maximum Gasteiger partial charge on any atom is 0.252 e. The van der Waals surface area contributed by atoms with E-state index in [-0.39, 0.29) is 18.4 Å². The predicted molar refractivity (Wildman–Crippen MR) is 109 cm³/mol. The van der Waals surface area contributed by atoms with Gasteiger partial charge in [0, 0.05) is 29.5 Å². The fraction of sp³-hybridized carbons (Fsp3) is 0.421. The number of hydrogen-bond acceptors (Lipinski definition) is 4. The first-order chi connectivity index (χ1) is 12.9. The molecule has 1 aliphatic rings. The number of amides is 1. The van der Waals surface area contributed by atoms with Gasteiger partial charge >= 0.3 is 0 Å². The second-order valence-corrected chi connectivity index (χ2v) is 10.6. The molecule has 0 bridgehead atoms. The van der Waals surface area contributed by atoms with Gasteiger partial charge in [0.15, 0.2) is 0 Å². The van der Waals surface area contributed by atoms with Crippen molar-refractivity contribution in [2.75, 3.05) is 19.6 Å². The van der Waals surface area contributed by atoms with Crippen molar-refractivity contribution >= 4 is 38.9 Å². The highest BCUT2D eigenvalue weighted by atomic mass is 35.5. The molecule has 146 valence electrons. The number of rotatable bonds is 6. The van der Waals surface area contributed by atoms with Crippen LogP contribution in [0.2, 0.25) is 5.02 Å². The summed E-state index contributed by atoms with van der Waals surface area (Å²) in [7, 11) is -3.52. The van der Waals surface area contributed by atoms with Gasteiger partial charge in [-0.1, -0.05) is 23.7 Å². The molecule has 1 saturated heterocycles. The van der Waals surface area contributed by atoms with E-state index in [4.69, 9.17) is 11.6 Å². The van der Waals surface area contributed by atoms with Gasteiger partial charge in [0.2, 0.25) is 5.91 Å². The van der Waals surface area contributed by atoms with Gasteiger partial charge in [-0.05, 0) is 56.0 Å². The van der Waals surface area contributed by atoms with Crippen molar-refractivity contribution in [3.63, 3.8) is 0 Å². The quantitative estimate of drug-likeness (QED) is 0.769. The van der Waals surface area contributed by atoms with Crippen molar-refractivity contribution in [1.82, 2.24) is 9.62 Å². The van der Waals surface area contributed by atoms with Crippen LogP contribution in [0, 0.1) is 12.8 Å². The third kappa shape index (κ3) is 5.10. The van der Waals surface area contributed by atoms with E-state index in [1.54, 1.807) is 6.07 Å². The summed E-state index contributed by atoms with van der Waals surface area (Å²) in [5.74, 6) is -0.383. The minimum absolute atomic E-state index is 0.0776. The highest BCUT2D eigenvalue weighted by Crippen LogP contribution is 2.28. The third-order valence-corrected chi connectivity index (χ3v) is 8.28. The Kier molecular flexibility index (Phi) is 6.57. The second kappa shape index (κ2) is 8.73. The molecule has 1 atom stereocenters. The van der Waals surface area contributed by atoms with Gasteiger partial charge in [-0.25, -0.2) is 8.42 Å². The molecule has 1 N–H and O–H groups in total. The number of halogens is 1. The van der Waals surface area contributed by atoms with E-state index in [1.165, 1.54) is 15.6 Å². The van der Waals surface area contributed by atoms with E-state index in [0.29, 0.717) is 41.6 Å². The number of thiophene rings is 1. The molecule has 1 aromatic carbocycles. The fourth-order valence-corrected chi connectivity index (χ4v) is 6.27. The van der Waals surface area contributed by atoms with Crippen molar-refractivity contribution in [3.8, 4) is 0 Å². The van der Waals surface area contributed by atoms with Crippen molar-refractivity contribution in [3.05, 3.63) is 51.9 Å². The lowest BCUT2D eigenvalue weighted by molar-refractivity contribution is -0.126. The Hall–Kier alpha value is -1.41. The number of hydrogen-bond donors (Lipinski definition) is 1. The summed E-state index contributed by atoms with van der Waals surface area (Å²) in [4.78, 5) is 13.5. The highest BCUT2D eigenvalue weighted by Gasteiger charge is 2.33. The molecule has 0 aliphatic carbocycles. The lowest BCUT2D eigenvalue weighted by Crippen LogP contribution is -2.45. The van der Waals surface area contributed by atoms with Crippen molar-refractivity contribution < 1.29 is 13.2 Å². The summed E-state index contributed by atoms with van der Waals surface area (Å²) >= 11 is 7.14. The molecular formula is C19H23ClN2O3S2. The lowest BCUT2D eigenvalue weighted by Gasteiger charge is -2.30. The molecular weight excluding hydrogens is 404 g/mol. The Morgan fingerprint density at radius 3 is 2.67 bits per heavy atom. The van der Waals surface area contributed by atoms with Gasteiger partial charge in [0.05, 0.1) is 5.92 Å². The smallest absolute Gasteiger partial charge is 0.252 e. The molecule has 0 unspecified atom stereocenters. The number of piperidine rings is 1. The molecule has 1 aromatic heterocycles. The molecule has 2 aromatic rings. The van der Waals surface area contributed by atoms with Gasteiger partial charge in [0.1, 0.15) is 4.21 Å². The zero-order valence-corrected chi connectivity index (χ0v) is 17.5. The van der Waals surface area contributed by atoms with Crippen LogP contribution >= 0.6 is 22.9 Å². The first kappa shape index (κ1) is 20.3. The summed E-state index contributed by atoms with van der Waals surface area (Å²) in [5.41, 5.74) is 1.10. The number of nitrogens with one attached hydrogen (secondary N) is 1. The van der Waals surface area contributed by atoms with Gasteiger partial charge in [-0.15, -0.1) is 11.3 Å². The Morgan fingerprint density at radius 2 is 2.00 bits per heavy atom. The van der Waals surface area contributed by atoms with E-state index in [9.17, 15) is 13.2 Å². The minimum Gasteiger partial charge on any atom is -0.355 e. The van der Waals surface area contributed by atoms with Crippen LogP contribution in [0.3, 0.4) is 0 Å². The average molecular weight is 427 g/mol. The van der Waals surface area contributed by atoms with Crippen LogP contribution in [0.25, 0.3) is 0 Å². The molecule has 1 aliphatic heterocycles. The topological polar surface area (TPSA) is 66.5 Å². The van der Waals surface area contributed by atoms with Crippen LogP contribution in [0.5, 0.6) is 0 Å². The Balaban J connectivity index is 1.55. The van der Waals surface area contributed by atoms with Crippen LogP contribution in [0.4, 0.5) is 0 Å². The molecule has 1 amide bonds. The Labute approximate surface area is 169 Å². The first-order valence-corrected chi connectivity index (χ1v) is 11.6. The van der Waals surface area contributed by atoms with Gasteiger partial charge in [-0.3, -0.25) is 4.79 Å². The molecule has 0 saturated carbocycles. The summed E-state index contributed by atoms with van der Waals surface area (Å²) in [6, 6.07) is 11.0. The van der Waals surface area contributed by atoms with Gasteiger partial charge < -0.3 is 5.32 Å². The number of aryl methyl sites for hydroxylation is 1. The summed E-state index contributed by atoms with van der Waals surface area (Å²) in [6.45, 7) is 3.12. The standard InChI is InChI=1S/C19H23ClN2O3S2/c1-14-4-9-18(26-14)27(24,25)22-12-2-3-16(13-22)19(23)21-11-10-15-5-7-17(20)8-6-15/h4-9,16H,2-3,10-13H2,1H3,(H,21,23)/t16-/m1/s1. The van der Waals surface area contributed by atoms with Crippen LogP contribution in [-0.2, 0) is 21.2 Å². The molecule has 1 fully saturated rings. The zero-order chi connectivity index (χ0) is 19.4. The van der Waals surface area contributed by atoms with E-state index < -0.39 is 10.0 Å². The van der Waals surface area contributed by atoms with Crippen LogP contribution in [-0.4, -0.2) is 38.3 Å². The molecule has 8 heteroatoms. The maximum atomic E-state index is 12.8. The molecule has 0 radical (unpaired) electrons. The van der Waals surface area contributed by atoms with Crippen LogP contribution < -0.4 is 5.32 Å². The number of sulfonamides is 1. The summed E-state index contributed by atoms with van der Waals surface area (Å²) < 4.78 is 27.4. The Morgan fingerprint density at radius 1 is 1.26 bits per heavy atom. The normalized spacial score (nSPS) is 18.4. The number of carbonyl (C=O) groups excluding carboxylic acids is 1.